The molecule has 3 N–H and O–H groups in total. The molecule has 1 heterocycles. The number of nitrogens with two attached hydrogens (primary N) is 1. The average molecular weight is 480 g/mol. The van der Waals surface area contributed by atoms with Crippen LogP contribution < -0.4 is 11.1 Å². The SMILES string of the molecule is Cc1ccc(NC(N)=NCC(c2ccc(C)cc2)N2CCOCC2)cc1.I. The van der Waals surface area contributed by atoms with Gasteiger partial charge in [-0.2, -0.15) is 0 Å². The molecule has 0 saturated carbocycles. The quantitative estimate of drug-likeness (QED) is 0.389. The molecule has 27 heavy (non-hydrogen) atoms. The Balaban J connectivity index is 0.00000261. The first kappa shape index (κ1) is 21.7. The highest BCUT2D eigenvalue weighted by atomic mass is 127. The smallest absolute Gasteiger partial charge is 0.193 e. The van der Waals surface area contributed by atoms with Crippen LogP contribution in [-0.4, -0.2) is 43.7 Å². The fraction of sp³-hybridized carbons (Fsp3) is 0.381. The van der Waals surface area contributed by atoms with Gasteiger partial charge in [0, 0.05) is 18.8 Å². The zero-order chi connectivity index (χ0) is 18.4. The summed E-state index contributed by atoms with van der Waals surface area (Å²) >= 11 is 0. The Bertz CT molecular complexity index is 725. The van der Waals surface area contributed by atoms with Gasteiger partial charge in [-0.1, -0.05) is 47.5 Å². The number of rotatable bonds is 5. The predicted molar refractivity (Wildman–Crippen MR) is 123 cm³/mol. The molecule has 1 unspecified atom stereocenters. The van der Waals surface area contributed by atoms with E-state index in [0.717, 1.165) is 32.0 Å². The second-order valence-electron chi connectivity index (χ2n) is 6.79. The molecule has 6 heteroatoms. The molecule has 1 aliphatic heterocycles. The fourth-order valence-electron chi connectivity index (χ4n) is 3.12. The Morgan fingerprint density at radius 1 is 1.04 bits per heavy atom. The number of hydrogen-bond acceptors (Lipinski definition) is 3. The highest BCUT2D eigenvalue weighted by Gasteiger charge is 2.22. The number of guanidine groups is 1. The first-order chi connectivity index (χ1) is 12.6. The van der Waals surface area contributed by atoms with Crippen LogP contribution in [0.4, 0.5) is 5.69 Å². The van der Waals surface area contributed by atoms with Gasteiger partial charge < -0.3 is 15.8 Å². The lowest BCUT2D eigenvalue weighted by molar-refractivity contribution is 0.0180. The number of morpholine rings is 1. The summed E-state index contributed by atoms with van der Waals surface area (Å²) in [6.45, 7) is 8.16. The Labute approximate surface area is 179 Å². The second kappa shape index (κ2) is 10.6. The first-order valence-corrected chi connectivity index (χ1v) is 9.14. The van der Waals surface area contributed by atoms with E-state index in [-0.39, 0.29) is 30.0 Å². The summed E-state index contributed by atoms with van der Waals surface area (Å²) in [6.07, 6.45) is 0. The summed E-state index contributed by atoms with van der Waals surface area (Å²) in [7, 11) is 0. The van der Waals surface area contributed by atoms with Crippen molar-refractivity contribution < 1.29 is 4.74 Å². The minimum Gasteiger partial charge on any atom is -0.379 e. The monoisotopic (exact) mass is 480 g/mol. The predicted octanol–water partition coefficient (Wildman–Crippen LogP) is 3.72. The van der Waals surface area contributed by atoms with Crippen LogP contribution in [0.1, 0.15) is 22.7 Å². The van der Waals surface area contributed by atoms with Gasteiger partial charge in [-0.25, -0.2) is 0 Å². The molecule has 1 saturated heterocycles. The Hall–Kier alpha value is -1.64. The topological polar surface area (TPSA) is 62.9 Å². The third kappa shape index (κ3) is 6.48. The minimum absolute atomic E-state index is 0. The van der Waals surface area contributed by atoms with Crippen molar-refractivity contribution in [3.63, 3.8) is 0 Å². The first-order valence-electron chi connectivity index (χ1n) is 9.14. The zero-order valence-corrected chi connectivity index (χ0v) is 18.4. The van der Waals surface area contributed by atoms with Crippen LogP contribution >= 0.6 is 24.0 Å². The van der Waals surface area contributed by atoms with Crippen molar-refractivity contribution in [2.24, 2.45) is 10.7 Å². The van der Waals surface area contributed by atoms with Crippen molar-refractivity contribution in [2.45, 2.75) is 19.9 Å². The maximum atomic E-state index is 6.12. The highest BCUT2D eigenvalue weighted by molar-refractivity contribution is 14.0. The Kier molecular flexibility index (Phi) is 8.53. The number of anilines is 1. The largest absolute Gasteiger partial charge is 0.379 e. The summed E-state index contributed by atoms with van der Waals surface area (Å²) in [5.41, 5.74) is 10.8. The average Bonchev–Trinajstić information content (AvgIpc) is 2.66. The summed E-state index contributed by atoms with van der Waals surface area (Å²) in [5, 5.41) is 3.17. The molecule has 2 aromatic carbocycles. The van der Waals surface area contributed by atoms with Gasteiger partial charge in [0.2, 0.25) is 0 Å². The van der Waals surface area contributed by atoms with Crippen molar-refractivity contribution in [3.05, 3.63) is 65.2 Å². The molecule has 0 radical (unpaired) electrons. The maximum Gasteiger partial charge on any atom is 0.193 e. The maximum absolute atomic E-state index is 6.12. The zero-order valence-electron chi connectivity index (χ0n) is 16.0. The molecular weight excluding hydrogens is 451 g/mol. The Morgan fingerprint density at radius 3 is 2.19 bits per heavy atom. The molecule has 1 fully saturated rings. The Morgan fingerprint density at radius 2 is 1.59 bits per heavy atom. The number of aryl methyl sites for hydroxylation is 2. The standard InChI is InChI=1S/C21H28N4O.HI/c1-16-3-7-18(8-4-16)20(25-11-13-26-14-12-25)15-23-21(22)24-19-9-5-17(2)6-10-19;/h3-10,20H,11-15H2,1-2H3,(H3,22,23,24);1H. The third-order valence-corrected chi connectivity index (χ3v) is 4.71. The number of aliphatic imine (C=N–C) groups is 1. The summed E-state index contributed by atoms with van der Waals surface area (Å²) < 4.78 is 5.50. The van der Waals surface area contributed by atoms with E-state index in [4.69, 9.17) is 10.5 Å². The molecule has 0 aromatic heterocycles. The lowest BCUT2D eigenvalue weighted by atomic mass is 10.0. The van der Waals surface area contributed by atoms with Crippen LogP contribution in [0, 0.1) is 13.8 Å². The van der Waals surface area contributed by atoms with Crippen LogP contribution in [0.25, 0.3) is 0 Å². The lowest BCUT2D eigenvalue weighted by Crippen LogP contribution is -2.40. The number of hydrogen-bond donors (Lipinski definition) is 2. The van der Waals surface area contributed by atoms with E-state index in [2.05, 4.69) is 65.5 Å². The molecule has 2 aromatic rings. The normalized spacial score (nSPS) is 16.4. The fourth-order valence-corrected chi connectivity index (χ4v) is 3.12. The molecule has 5 nitrogen and oxygen atoms in total. The van der Waals surface area contributed by atoms with Crippen molar-refractivity contribution in [2.75, 3.05) is 38.2 Å². The number of benzene rings is 2. The molecule has 0 aliphatic carbocycles. The van der Waals surface area contributed by atoms with Crippen molar-refractivity contribution in [3.8, 4) is 0 Å². The minimum atomic E-state index is 0. The van der Waals surface area contributed by atoms with Crippen molar-refractivity contribution >= 4 is 35.6 Å². The van der Waals surface area contributed by atoms with Gasteiger partial charge in [0.15, 0.2) is 5.96 Å². The van der Waals surface area contributed by atoms with Crippen LogP contribution in [0.15, 0.2) is 53.5 Å². The van der Waals surface area contributed by atoms with E-state index < -0.39 is 0 Å². The lowest BCUT2D eigenvalue weighted by Gasteiger charge is -2.34. The summed E-state index contributed by atoms with van der Waals surface area (Å²) in [6, 6.07) is 17.0. The highest BCUT2D eigenvalue weighted by Crippen LogP contribution is 2.23. The van der Waals surface area contributed by atoms with Gasteiger partial charge >= 0.3 is 0 Å². The van der Waals surface area contributed by atoms with Crippen LogP contribution in [0.3, 0.4) is 0 Å². The summed E-state index contributed by atoms with van der Waals surface area (Å²) in [5.74, 6) is 0.444. The molecule has 0 amide bonds. The number of nitrogens with one attached hydrogen (secondary N) is 1. The summed E-state index contributed by atoms with van der Waals surface area (Å²) in [4.78, 5) is 7.04. The van der Waals surface area contributed by atoms with Gasteiger partial charge in [0.25, 0.3) is 0 Å². The molecule has 1 atom stereocenters. The molecule has 0 spiro atoms. The third-order valence-electron chi connectivity index (χ3n) is 4.71. The van der Waals surface area contributed by atoms with Gasteiger partial charge in [0.05, 0.1) is 25.8 Å². The number of ether oxygens (including phenoxy) is 1. The second-order valence-corrected chi connectivity index (χ2v) is 6.79. The van der Waals surface area contributed by atoms with E-state index in [1.165, 1.54) is 16.7 Å². The van der Waals surface area contributed by atoms with Crippen LogP contribution in [0.5, 0.6) is 0 Å². The van der Waals surface area contributed by atoms with E-state index in [9.17, 15) is 0 Å². The molecule has 146 valence electrons. The van der Waals surface area contributed by atoms with Gasteiger partial charge in [-0.05, 0) is 31.5 Å². The molecule has 0 bridgehead atoms. The van der Waals surface area contributed by atoms with Gasteiger partial charge in [-0.3, -0.25) is 9.89 Å². The van der Waals surface area contributed by atoms with Crippen LogP contribution in [-0.2, 0) is 4.74 Å². The van der Waals surface area contributed by atoms with Crippen molar-refractivity contribution in [1.29, 1.82) is 0 Å². The van der Waals surface area contributed by atoms with E-state index in [1.807, 2.05) is 12.1 Å². The van der Waals surface area contributed by atoms with E-state index >= 15 is 0 Å². The number of halogens is 1. The van der Waals surface area contributed by atoms with E-state index in [1.54, 1.807) is 0 Å². The van der Waals surface area contributed by atoms with Gasteiger partial charge in [0.1, 0.15) is 0 Å². The van der Waals surface area contributed by atoms with Gasteiger partial charge in [-0.15, -0.1) is 24.0 Å². The van der Waals surface area contributed by atoms with Crippen LogP contribution in [0.2, 0.25) is 0 Å². The molecule has 1 aliphatic rings. The number of nitrogens with zero attached hydrogens (tertiary/aromatic N) is 2. The van der Waals surface area contributed by atoms with Crippen molar-refractivity contribution in [1.82, 2.24) is 4.90 Å². The molecule has 3 rings (SSSR count). The van der Waals surface area contributed by atoms with E-state index in [0.29, 0.717) is 12.5 Å². The molecular formula is C21H29IN4O.